The van der Waals surface area contributed by atoms with Crippen molar-refractivity contribution in [2.75, 3.05) is 19.8 Å². The van der Waals surface area contributed by atoms with Crippen LogP contribution in [0.25, 0.3) is 11.3 Å². The highest BCUT2D eigenvalue weighted by Gasteiger charge is 2.42. The first-order chi connectivity index (χ1) is 14.5. The number of carbonyl (C=O) groups is 1. The van der Waals surface area contributed by atoms with Crippen molar-refractivity contribution in [1.29, 1.82) is 0 Å². The van der Waals surface area contributed by atoms with E-state index in [-0.39, 0.29) is 24.8 Å². The number of nitrogens with zero attached hydrogens (tertiary/aromatic N) is 2. The monoisotopic (exact) mass is 405 g/mol. The van der Waals surface area contributed by atoms with Crippen molar-refractivity contribution in [1.82, 2.24) is 15.1 Å². The molecule has 0 saturated carbocycles. The number of nitrogens with one attached hydrogen (secondary N) is 1. The first-order valence-electron chi connectivity index (χ1n) is 9.69. The molecule has 2 aromatic carbocycles. The van der Waals surface area contributed by atoms with Crippen molar-refractivity contribution in [2.24, 2.45) is 0 Å². The molecule has 30 heavy (non-hydrogen) atoms. The number of amides is 1. The number of aliphatic hydroxyl groups is 1. The molecule has 1 aliphatic heterocycles. The zero-order valence-corrected chi connectivity index (χ0v) is 16.6. The second-order valence-corrected chi connectivity index (χ2v) is 7.18. The molecule has 3 N–H and O–H groups in total. The number of rotatable bonds is 7. The molecule has 0 saturated heterocycles. The van der Waals surface area contributed by atoms with Crippen molar-refractivity contribution in [2.45, 2.75) is 13.0 Å². The summed E-state index contributed by atoms with van der Waals surface area (Å²) in [7, 11) is 0. The van der Waals surface area contributed by atoms with Gasteiger partial charge in [-0.2, -0.15) is 5.10 Å². The van der Waals surface area contributed by atoms with Crippen LogP contribution in [-0.4, -0.2) is 51.0 Å². The minimum atomic E-state index is -0.472. The third-order valence-corrected chi connectivity index (χ3v) is 5.15. The number of carbonyl (C=O) groups excluding carboxylic acids is 1. The third kappa shape index (κ3) is 3.33. The molecule has 0 aliphatic carbocycles. The normalized spacial score (nSPS) is 15.3. The molecule has 0 bridgehead atoms. The highest BCUT2D eigenvalue weighted by atomic mass is 16.5. The number of phenols is 1. The zero-order valence-electron chi connectivity index (χ0n) is 16.6. The molecule has 3 aromatic rings. The number of aromatic hydroxyl groups is 1. The number of aryl methyl sites for hydroxylation is 1. The van der Waals surface area contributed by atoms with Crippen LogP contribution < -0.4 is 4.74 Å². The number of hydrogen-bond donors (Lipinski definition) is 3. The second kappa shape index (κ2) is 8.04. The Hall–Kier alpha value is -3.58. The predicted molar refractivity (Wildman–Crippen MR) is 113 cm³/mol. The lowest BCUT2D eigenvalue weighted by Crippen LogP contribution is -2.32. The van der Waals surface area contributed by atoms with Gasteiger partial charge in [0, 0.05) is 17.7 Å². The van der Waals surface area contributed by atoms with Gasteiger partial charge in [0.25, 0.3) is 5.91 Å². The lowest BCUT2D eigenvalue weighted by Gasteiger charge is -2.26. The van der Waals surface area contributed by atoms with Crippen LogP contribution >= 0.6 is 0 Å². The average Bonchev–Trinajstić information content (AvgIpc) is 3.28. The number of aromatic nitrogens is 2. The third-order valence-electron chi connectivity index (χ3n) is 5.15. The van der Waals surface area contributed by atoms with Gasteiger partial charge in [-0.25, -0.2) is 0 Å². The quantitative estimate of drug-likeness (QED) is 0.525. The number of aromatic amines is 1. The summed E-state index contributed by atoms with van der Waals surface area (Å²) in [5.74, 6) is 0.498. The van der Waals surface area contributed by atoms with Crippen molar-refractivity contribution in [3.05, 3.63) is 77.5 Å². The van der Waals surface area contributed by atoms with E-state index in [0.29, 0.717) is 34.9 Å². The van der Waals surface area contributed by atoms with Crippen molar-refractivity contribution >= 4 is 5.91 Å². The van der Waals surface area contributed by atoms with Crippen LogP contribution in [0.15, 0.2) is 55.1 Å². The number of ether oxygens (including phenoxy) is 1. The molecule has 1 amide bonds. The molecule has 1 aliphatic rings. The Bertz CT molecular complexity index is 1110. The second-order valence-electron chi connectivity index (χ2n) is 7.18. The molecule has 154 valence electrons. The fraction of sp³-hybridized carbons (Fsp3) is 0.217. The molecule has 2 heterocycles. The van der Waals surface area contributed by atoms with Gasteiger partial charge < -0.3 is 19.8 Å². The summed E-state index contributed by atoms with van der Waals surface area (Å²) in [6.45, 7) is 5.96. The van der Waals surface area contributed by atoms with Gasteiger partial charge in [-0.1, -0.05) is 36.4 Å². The van der Waals surface area contributed by atoms with E-state index in [1.165, 1.54) is 0 Å². The fourth-order valence-corrected chi connectivity index (χ4v) is 3.86. The molecule has 0 unspecified atom stereocenters. The lowest BCUT2D eigenvalue weighted by molar-refractivity contribution is 0.0706. The Morgan fingerprint density at radius 1 is 1.30 bits per heavy atom. The Labute approximate surface area is 174 Å². The van der Waals surface area contributed by atoms with Crippen molar-refractivity contribution in [3.8, 4) is 22.8 Å². The smallest absolute Gasteiger partial charge is 0.273 e. The van der Waals surface area contributed by atoms with Crippen LogP contribution in [0.2, 0.25) is 0 Å². The number of fused-ring (bicyclic) bond motifs is 1. The Balaban J connectivity index is 1.87. The van der Waals surface area contributed by atoms with Crippen LogP contribution in [-0.2, 0) is 0 Å². The van der Waals surface area contributed by atoms with Crippen LogP contribution in [0, 0.1) is 6.92 Å². The van der Waals surface area contributed by atoms with E-state index in [2.05, 4.69) is 16.8 Å². The van der Waals surface area contributed by atoms with Gasteiger partial charge in [-0.3, -0.25) is 9.89 Å². The highest BCUT2D eigenvalue weighted by Crippen LogP contribution is 2.44. The van der Waals surface area contributed by atoms with Gasteiger partial charge >= 0.3 is 0 Å². The summed E-state index contributed by atoms with van der Waals surface area (Å²) >= 11 is 0. The first kappa shape index (κ1) is 19.7. The van der Waals surface area contributed by atoms with E-state index in [1.807, 2.05) is 43.3 Å². The Kier molecular flexibility index (Phi) is 5.29. The maximum atomic E-state index is 13.1. The number of hydrogen-bond acceptors (Lipinski definition) is 5. The van der Waals surface area contributed by atoms with E-state index < -0.39 is 6.04 Å². The molecule has 7 nitrogen and oxygen atoms in total. The lowest BCUT2D eigenvalue weighted by atomic mass is 9.95. The number of phenolic OH excluding ortho intramolecular Hbond substituents is 1. The summed E-state index contributed by atoms with van der Waals surface area (Å²) < 4.78 is 5.66. The fourth-order valence-electron chi connectivity index (χ4n) is 3.86. The zero-order chi connectivity index (χ0) is 21.3. The summed E-state index contributed by atoms with van der Waals surface area (Å²) in [6.07, 6.45) is 1.66. The van der Waals surface area contributed by atoms with E-state index >= 15 is 0 Å². The number of aliphatic hydroxyl groups excluding tert-OH is 1. The molecule has 4 rings (SSSR count). The van der Waals surface area contributed by atoms with E-state index in [0.717, 1.165) is 11.1 Å². The summed E-state index contributed by atoms with van der Waals surface area (Å²) in [5.41, 5.74) is 3.90. The predicted octanol–water partition coefficient (Wildman–Crippen LogP) is 3.19. The van der Waals surface area contributed by atoms with Gasteiger partial charge in [0.1, 0.15) is 29.5 Å². The first-order valence-corrected chi connectivity index (χ1v) is 9.69. The number of benzene rings is 2. The van der Waals surface area contributed by atoms with E-state index in [1.54, 1.807) is 17.0 Å². The molecule has 0 fully saturated rings. The van der Waals surface area contributed by atoms with Gasteiger partial charge in [-0.05, 0) is 36.8 Å². The number of H-pyrrole nitrogens is 1. The molecule has 1 atom stereocenters. The highest BCUT2D eigenvalue weighted by molar-refractivity contribution is 6.00. The van der Waals surface area contributed by atoms with Gasteiger partial charge in [-0.15, -0.1) is 0 Å². The van der Waals surface area contributed by atoms with Crippen LogP contribution in [0.4, 0.5) is 0 Å². The van der Waals surface area contributed by atoms with Crippen LogP contribution in [0.1, 0.15) is 33.2 Å². The SMILES string of the molecule is C=CCOc1cccc([C@@H]2c3c(-c4cc(C)ccc4O)n[nH]c3C(=O)N2CCO)c1. The topological polar surface area (TPSA) is 98.7 Å². The maximum Gasteiger partial charge on any atom is 0.273 e. The molecular weight excluding hydrogens is 382 g/mol. The van der Waals surface area contributed by atoms with Crippen LogP contribution in [0.3, 0.4) is 0 Å². The molecule has 0 spiro atoms. The van der Waals surface area contributed by atoms with Gasteiger partial charge in [0.05, 0.1) is 12.6 Å². The minimum Gasteiger partial charge on any atom is -0.507 e. The molecule has 1 aromatic heterocycles. The summed E-state index contributed by atoms with van der Waals surface area (Å²) in [5, 5.41) is 27.2. The minimum absolute atomic E-state index is 0.0878. The standard InChI is InChI=1S/C23H23N3O4/c1-3-11-30-16-6-4-5-15(13-16)22-19-20(17-12-14(2)7-8-18(17)28)24-25-21(19)23(29)26(22)9-10-27/h3-8,12-13,22,27-28H,1,9-11H2,2H3,(H,24,25)/t22-/m1/s1. The largest absolute Gasteiger partial charge is 0.507 e. The van der Waals surface area contributed by atoms with Gasteiger partial charge in [0.15, 0.2) is 0 Å². The summed E-state index contributed by atoms with van der Waals surface area (Å²) in [6, 6.07) is 12.3. The van der Waals surface area contributed by atoms with Crippen LogP contribution in [0.5, 0.6) is 11.5 Å². The molecule has 7 heteroatoms. The van der Waals surface area contributed by atoms with Gasteiger partial charge in [0.2, 0.25) is 0 Å². The van der Waals surface area contributed by atoms with Crippen molar-refractivity contribution < 1.29 is 19.7 Å². The average molecular weight is 405 g/mol. The Morgan fingerprint density at radius 3 is 2.90 bits per heavy atom. The summed E-state index contributed by atoms with van der Waals surface area (Å²) in [4.78, 5) is 14.7. The van der Waals surface area contributed by atoms with E-state index in [9.17, 15) is 15.0 Å². The number of β-amino-alcohol motifs (C(OH)–C–C–N with tert-alkyl or cyclic N) is 1. The molecule has 0 radical (unpaired) electrons. The Morgan fingerprint density at radius 2 is 2.13 bits per heavy atom. The van der Waals surface area contributed by atoms with Crippen molar-refractivity contribution in [3.63, 3.8) is 0 Å². The maximum absolute atomic E-state index is 13.1. The van der Waals surface area contributed by atoms with E-state index in [4.69, 9.17) is 4.74 Å². The molecular formula is C23H23N3O4.